The van der Waals surface area contributed by atoms with Crippen LogP contribution in [-0.2, 0) is 6.42 Å². The zero-order valence-corrected chi connectivity index (χ0v) is 23.1. The van der Waals surface area contributed by atoms with Crippen LogP contribution in [0.15, 0.2) is 162 Å². The van der Waals surface area contributed by atoms with Crippen molar-refractivity contribution in [3.8, 4) is 33.4 Å². The minimum atomic E-state index is 0.910. The number of hydrogen-bond donors (Lipinski definition) is 0. The molecule has 0 fully saturated rings. The van der Waals surface area contributed by atoms with E-state index in [1.165, 1.54) is 49.5 Å². The van der Waals surface area contributed by atoms with Gasteiger partial charge in [0.25, 0.3) is 0 Å². The first-order valence-electron chi connectivity index (χ1n) is 14.5. The van der Waals surface area contributed by atoms with Gasteiger partial charge in [-0.2, -0.15) is 0 Å². The quantitative estimate of drug-likeness (QED) is 0.213. The van der Waals surface area contributed by atoms with Crippen LogP contribution in [0.5, 0.6) is 0 Å². The molecular weight excluding hydrogens is 508 g/mol. The van der Waals surface area contributed by atoms with E-state index >= 15 is 0 Å². The van der Waals surface area contributed by atoms with Gasteiger partial charge in [0.2, 0.25) is 0 Å². The van der Waals surface area contributed by atoms with Crippen molar-refractivity contribution in [1.82, 2.24) is 0 Å². The zero-order chi connectivity index (χ0) is 27.9. The predicted molar refractivity (Wildman–Crippen MR) is 177 cm³/mol. The highest BCUT2D eigenvalue weighted by Gasteiger charge is 2.15. The Morgan fingerprint density at radius 3 is 1.88 bits per heavy atom. The molecule has 0 saturated carbocycles. The third kappa shape index (κ3) is 4.27. The maximum absolute atomic E-state index is 6.53. The van der Waals surface area contributed by atoms with E-state index in [4.69, 9.17) is 4.42 Å². The van der Waals surface area contributed by atoms with Crippen LogP contribution < -0.4 is 0 Å². The first-order chi connectivity index (χ1) is 20.8. The van der Waals surface area contributed by atoms with Gasteiger partial charge in [-0.15, -0.1) is 0 Å². The van der Waals surface area contributed by atoms with Gasteiger partial charge in [0.15, 0.2) is 0 Å². The van der Waals surface area contributed by atoms with E-state index in [2.05, 4.69) is 158 Å². The van der Waals surface area contributed by atoms with Gasteiger partial charge in [-0.05, 0) is 74.3 Å². The summed E-state index contributed by atoms with van der Waals surface area (Å²) in [5, 5.41) is 4.79. The highest BCUT2D eigenvalue weighted by molar-refractivity contribution is 6.20. The normalized spacial score (nSPS) is 11.4. The summed E-state index contributed by atoms with van der Waals surface area (Å²) < 4.78 is 6.53. The van der Waals surface area contributed by atoms with Crippen molar-refractivity contribution in [3.63, 3.8) is 0 Å². The number of furan rings is 1. The first kappa shape index (κ1) is 24.4. The molecule has 1 heterocycles. The van der Waals surface area contributed by atoms with Crippen molar-refractivity contribution in [3.05, 3.63) is 169 Å². The fourth-order valence-electron chi connectivity index (χ4n) is 6.30. The van der Waals surface area contributed by atoms with Crippen molar-refractivity contribution >= 4 is 32.7 Å². The van der Waals surface area contributed by atoms with Crippen molar-refractivity contribution in [2.75, 3.05) is 0 Å². The molecule has 1 heteroatoms. The van der Waals surface area contributed by atoms with Gasteiger partial charge in [0, 0.05) is 16.3 Å². The number of benzene rings is 7. The second kappa shape index (κ2) is 10.2. The summed E-state index contributed by atoms with van der Waals surface area (Å²) in [6, 6.07) is 56.4. The summed E-state index contributed by atoms with van der Waals surface area (Å²) in [4.78, 5) is 0. The molecule has 198 valence electrons. The largest absolute Gasteiger partial charge is 0.455 e. The molecular formula is C41H28O. The van der Waals surface area contributed by atoms with E-state index in [9.17, 15) is 0 Å². The van der Waals surface area contributed by atoms with E-state index in [1.54, 1.807) is 0 Å². The number of para-hydroxylation sites is 1. The van der Waals surface area contributed by atoms with E-state index in [-0.39, 0.29) is 0 Å². The summed E-state index contributed by atoms with van der Waals surface area (Å²) >= 11 is 0. The molecule has 42 heavy (non-hydrogen) atoms. The number of fused-ring (bicyclic) bond motifs is 5. The molecule has 8 rings (SSSR count). The monoisotopic (exact) mass is 536 g/mol. The average Bonchev–Trinajstić information content (AvgIpc) is 3.45. The van der Waals surface area contributed by atoms with Crippen molar-refractivity contribution in [2.24, 2.45) is 0 Å². The molecule has 0 aliphatic carbocycles. The number of rotatable bonds is 5. The summed E-state index contributed by atoms with van der Waals surface area (Å²) in [6.45, 7) is 0. The van der Waals surface area contributed by atoms with Crippen LogP contribution in [0.1, 0.15) is 11.1 Å². The molecule has 8 aromatic rings. The minimum absolute atomic E-state index is 0.910. The summed E-state index contributed by atoms with van der Waals surface area (Å²) in [5.74, 6) is 0. The molecule has 7 aromatic carbocycles. The lowest BCUT2D eigenvalue weighted by Crippen LogP contribution is -1.92. The maximum atomic E-state index is 6.53. The standard InChI is InChI=1S/C41H28O/c1-2-11-28(12-3-1)25-32-14-5-6-19-35(32)33-17-8-15-30(26-33)31-16-9-18-34(27-31)37-21-10-22-38-40-36-20-7-4-13-29(36)23-24-39(40)42-41(37)38/h1-24,26-27H,25H2. The molecule has 0 radical (unpaired) electrons. The fourth-order valence-corrected chi connectivity index (χ4v) is 6.30. The van der Waals surface area contributed by atoms with Gasteiger partial charge in [0.1, 0.15) is 11.2 Å². The summed E-state index contributed by atoms with van der Waals surface area (Å²) in [7, 11) is 0. The van der Waals surface area contributed by atoms with E-state index in [0.29, 0.717) is 0 Å². The van der Waals surface area contributed by atoms with Crippen LogP contribution in [0.2, 0.25) is 0 Å². The minimum Gasteiger partial charge on any atom is -0.455 e. The van der Waals surface area contributed by atoms with Crippen LogP contribution in [-0.4, -0.2) is 0 Å². The maximum Gasteiger partial charge on any atom is 0.143 e. The van der Waals surface area contributed by atoms with Gasteiger partial charge in [-0.3, -0.25) is 0 Å². The van der Waals surface area contributed by atoms with Crippen LogP contribution in [0, 0.1) is 0 Å². The highest BCUT2D eigenvalue weighted by atomic mass is 16.3. The topological polar surface area (TPSA) is 13.1 Å². The second-order valence-electron chi connectivity index (χ2n) is 10.9. The molecule has 0 atom stereocenters. The fraction of sp³-hybridized carbons (Fsp3) is 0.0244. The highest BCUT2D eigenvalue weighted by Crippen LogP contribution is 2.40. The molecule has 0 unspecified atom stereocenters. The Balaban J connectivity index is 1.21. The SMILES string of the molecule is c1ccc(Cc2ccccc2-c2cccc(-c3cccc(-c4cccc5c4oc4ccc6ccccc6c45)c3)c2)cc1. The molecule has 1 nitrogen and oxygen atoms in total. The van der Waals surface area contributed by atoms with E-state index in [0.717, 1.165) is 34.1 Å². The molecule has 0 aliphatic rings. The molecule has 0 saturated heterocycles. The third-order valence-electron chi connectivity index (χ3n) is 8.32. The van der Waals surface area contributed by atoms with Gasteiger partial charge >= 0.3 is 0 Å². The van der Waals surface area contributed by atoms with Crippen LogP contribution in [0.25, 0.3) is 66.1 Å². The van der Waals surface area contributed by atoms with Gasteiger partial charge < -0.3 is 4.42 Å². The van der Waals surface area contributed by atoms with E-state index < -0.39 is 0 Å². The Morgan fingerprint density at radius 1 is 0.429 bits per heavy atom. The molecule has 1 aromatic heterocycles. The van der Waals surface area contributed by atoms with Crippen LogP contribution in [0.4, 0.5) is 0 Å². The molecule has 0 spiro atoms. The summed E-state index contributed by atoms with van der Waals surface area (Å²) in [6.07, 6.45) is 0.910. The molecule has 0 amide bonds. The Morgan fingerprint density at radius 2 is 1.05 bits per heavy atom. The lowest BCUT2D eigenvalue weighted by molar-refractivity contribution is 0.670. The average molecular weight is 537 g/mol. The van der Waals surface area contributed by atoms with Crippen LogP contribution >= 0.6 is 0 Å². The van der Waals surface area contributed by atoms with Crippen LogP contribution in [0.3, 0.4) is 0 Å². The Hall–Kier alpha value is -5.40. The Kier molecular flexibility index (Phi) is 5.93. The predicted octanol–water partition coefficient (Wildman–Crippen LogP) is 11.3. The third-order valence-corrected chi connectivity index (χ3v) is 8.32. The van der Waals surface area contributed by atoms with Crippen molar-refractivity contribution in [1.29, 1.82) is 0 Å². The summed E-state index contributed by atoms with van der Waals surface area (Å²) in [5.41, 5.74) is 11.7. The van der Waals surface area contributed by atoms with Crippen molar-refractivity contribution in [2.45, 2.75) is 6.42 Å². The zero-order valence-electron chi connectivity index (χ0n) is 23.1. The van der Waals surface area contributed by atoms with E-state index in [1.807, 2.05) is 0 Å². The lowest BCUT2D eigenvalue weighted by Gasteiger charge is -2.12. The van der Waals surface area contributed by atoms with Gasteiger partial charge in [-0.25, -0.2) is 0 Å². The second-order valence-corrected chi connectivity index (χ2v) is 10.9. The Labute approximate surface area is 245 Å². The first-order valence-corrected chi connectivity index (χ1v) is 14.5. The Bertz CT molecular complexity index is 2220. The van der Waals surface area contributed by atoms with Gasteiger partial charge in [0.05, 0.1) is 0 Å². The van der Waals surface area contributed by atoms with Crippen molar-refractivity contribution < 1.29 is 4.42 Å². The number of hydrogen-bond acceptors (Lipinski definition) is 1. The smallest absolute Gasteiger partial charge is 0.143 e. The lowest BCUT2D eigenvalue weighted by atomic mass is 9.92. The molecule has 0 aliphatic heterocycles. The van der Waals surface area contributed by atoms with Gasteiger partial charge in [-0.1, -0.05) is 140 Å². The molecule has 0 bridgehead atoms. The molecule has 0 N–H and O–H groups in total.